The van der Waals surface area contributed by atoms with Gasteiger partial charge in [0.05, 0.1) is 22.0 Å². The predicted octanol–water partition coefficient (Wildman–Crippen LogP) is 5.14. The highest BCUT2D eigenvalue weighted by Crippen LogP contribution is 2.41. The molecule has 1 atom stereocenters. The van der Waals surface area contributed by atoms with E-state index in [2.05, 4.69) is 0 Å². The molecular weight excluding hydrogens is 391 g/mol. The molecule has 3 aromatic carbocycles. The Labute approximate surface area is 170 Å². The molecule has 2 amide bonds. The molecule has 0 N–H and O–H groups in total. The third kappa shape index (κ3) is 3.13. The fourth-order valence-corrected chi connectivity index (χ4v) is 4.58. The standard InChI is InChI=1S/C22H17FN2O3S/c1-14-6-5-7-18(23)21(14)24-19-8-3-4-9-20(19)29(28)25(22(24)27)17-12-10-16(11-13-17)15(2)26/h3-13H,1-2H3. The van der Waals surface area contributed by atoms with Gasteiger partial charge in [-0.3, -0.25) is 9.69 Å². The molecule has 0 radical (unpaired) electrons. The van der Waals surface area contributed by atoms with E-state index in [1.165, 1.54) is 17.9 Å². The number of hydrogen-bond acceptors (Lipinski definition) is 3. The van der Waals surface area contributed by atoms with Crippen LogP contribution < -0.4 is 9.21 Å². The number of carbonyl (C=O) groups excluding carboxylic acids is 2. The fraction of sp³-hybridized carbons (Fsp3) is 0.0909. The lowest BCUT2D eigenvalue weighted by molar-refractivity contribution is 0.101. The lowest BCUT2D eigenvalue weighted by Gasteiger charge is -2.36. The van der Waals surface area contributed by atoms with Crippen molar-refractivity contribution in [2.24, 2.45) is 0 Å². The van der Waals surface area contributed by atoms with E-state index < -0.39 is 22.8 Å². The summed E-state index contributed by atoms with van der Waals surface area (Å²) in [7, 11) is -1.82. The van der Waals surface area contributed by atoms with Crippen LogP contribution in [-0.4, -0.2) is 16.0 Å². The number of nitrogens with zero attached hydrogens (tertiary/aromatic N) is 2. The molecule has 1 aliphatic heterocycles. The van der Waals surface area contributed by atoms with Crippen LogP contribution in [0.5, 0.6) is 0 Å². The second kappa shape index (κ2) is 7.25. The molecule has 1 heterocycles. The van der Waals surface area contributed by atoms with Crippen molar-refractivity contribution in [3.8, 4) is 0 Å². The molecule has 5 nitrogen and oxygen atoms in total. The zero-order chi connectivity index (χ0) is 20.7. The summed E-state index contributed by atoms with van der Waals surface area (Å²) in [5.41, 5.74) is 1.90. The van der Waals surface area contributed by atoms with Crippen LogP contribution in [0.4, 0.5) is 26.2 Å². The van der Waals surface area contributed by atoms with E-state index in [1.807, 2.05) is 0 Å². The zero-order valence-electron chi connectivity index (χ0n) is 15.8. The van der Waals surface area contributed by atoms with Gasteiger partial charge in [0.25, 0.3) is 0 Å². The molecule has 0 bridgehead atoms. The third-order valence-electron chi connectivity index (χ3n) is 4.75. The van der Waals surface area contributed by atoms with Crippen LogP contribution in [0.3, 0.4) is 0 Å². The van der Waals surface area contributed by atoms with Gasteiger partial charge in [-0.05, 0) is 61.9 Å². The van der Waals surface area contributed by atoms with Crippen molar-refractivity contribution in [3.63, 3.8) is 0 Å². The average Bonchev–Trinajstić information content (AvgIpc) is 2.70. The maximum Gasteiger partial charge on any atom is 0.346 e. The number of benzene rings is 3. The second-order valence-electron chi connectivity index (χ2n) is 6.64. The van der Waals surface area contributed by atoms with E-state index in [1.54, 1.807) is 67.6 Å². The Morgan fingerprint density at radius 2 is 1.66 bits per heavy atom. The van der Waals surface area contributed by atoms with Gasteiger partial charge in [0.15, 0.2) is 16.8 Å². The van der Waals surface area contributed by atoms with Crippen LogP contribution in [0.25, 0.3) is 0 Å². The summed E-state index contributed by atoms with van der Waals surface area (Å²) in [5, 5.41) is 0. The lowest BCUT2D eigenvalue weighted by Crippen LogP contribution is -2.47. The molecule has 0 saturated carbocycles. The molecule has 4 rings (SSSR count). The Hall–Kier alpha value is -3.32. The Balaban J connectivity index is 1.91. The van der Waals surface area contributed by atoms with E-state index in [0.29, 0.717) is 27.4 Å². The van der Waals surface area contributed by atoms with Crippen LogP contribution in [0, 0.1) is 12.7 Å². The molecule has 0 spiro atoms. The van der Waals surface area contributed by atoms with Gasteiger partial charge in [0.1, 0.15) is 5.82 Å². The number of anilines is 3. The number of carbonyl (C=O) groups is 2. The van der Waals surface area contributed by atoms with Crippen LogP contribution in [0.15, 0.2) is 71.6 Å². The van der Waals surface area contributed by atoms with Crippen molar-refractivity contribution in [1.29, 1.82) is 0 Å². The van der Waals surface area contributed by atoms with E-state index in [4.69, 9.17) is 0 Å². The number of amides is 2. The topological polar surface area (TPSA) is 57.7 Å². The van der Waals surface area contributed by atoms with Crippen LogP contribution in [0.1, 0.15) is 22.8 Å². The molecule has 29 heavy (non-hydrogen) atoms. The average molecular weight is 408 g/mol. The smallest absolute Gasteiger partial charge is 0.295 e. The maximum atomic E-state index is 14.7. The molecule has 0 aliphatic carbocycles. The summed E-state index contributed by atoms with van der Waals surface area (Å²) < 4.78 is 29.1. The van der Waals surface area contributed by atoms with Gasteiger partial charge in [-0.1, -0.05) is 24.3 Å². The number of ketones is 1. The number of para-hydroxylation sites is 2. The molecule has 3 aromatic rings. The summed E-state index contributed by atoms with van der Waals surface area (Å²) >= 11 is 0. The van der Waals surface area contributed by atoms with Gasteiger partial charge in [-0.2, -0.15) is 0 Å². The number of urea groups is 1. The molecular formula is C22H17FN2O3S. The summed E-state index contributed by atoms with van der Waals surface area (Å²) in [4.78, 5) is 26.6. The molecule has 0 fully saturated rings. The summed E-state index contributed by atoms with van der Waals surface area (Å²) in [6, 6.07) is 16.9. The van der Waals surface area contributed by atoms with E-state index in [-0.39, 0.29) is 11.5 Å². The first kappa shape index (κ1) is 19.0. The quantitative estimate of drug-likeness (QED) is 0.564. The molecule has 0 aromatic heterocycles. The van der Waals surface area contributed by atoms with Gasteiger partial charge in [-0.25, -0.2) is 17.7 Å². The summed E-state index contributed by atoms with van der Waals surface area (Å²) in [6.45, 7) is 3.16. The van der Waals surface area contributed by atoms with Crippen LogP contribution in [0.2, 0.25) is 0 Å². The highest BCUT2D eigenvalue weighted by Gasteiger charge is 2.39. The molecule has 146 valence electrons. The Morgan fingerprint density at radius 1 is 0.966 bits per heavy atom. The van der Waals surface area contributed by atoms with Crippen molar-refractivity contribution in [2.45, 2.75) is 18.7 Å². The lowest BCUT2D eigenvalue weighted by atomic mass is 10.1. The van der Waals surface area contributed by atoms with Crippen LogP contribution >= 0.6 is 0 Å². The van der Waals surface area contributed by atoms with Crippen molar-refractivity contribution in [3.05, 3.63) is 83.7 Å². The van der Waals surface area contributed by atoms with Crippen LogP contribution in [-0.2, 0) is 11.0 Å². The number of hydrogen-bond donors (Lipinski definition) is 0. The summed E-state index contributed by atoms with van der Waals surface area (Å²) in [5.74, 6) is -0.663. The molecule has 0 saturated heterocycles. The van der Waals surface area contributed by atoms with Crippen molar-refractivity contribution in [1.82, 2.24) is 0 Å². The second-order valence-corrected chi connectivity index (χ2v) is 7.94. The maximum absolute atomic E-state index is 14.7. The summed E-state index contributed by atoms with van der Waals surface area (Å²) in [6.07, 6.45) is 0. The van der Waals surface area contributed by atoms with E-state index in [9.17, 15) is 18.2 Å². The van der Waals surface area contributed by atoms with Gasteiger partial charge in [-0.15, -0.1) is 0 Å². The van der Waals surface area contributed by atoms with Crippen molar-refractivity contribution >= 4 is 39.9 Å². The van der Waals surface area contributed by atoms with Gasteiger partial charge < -0.3 is 0 Å². The highest BCUT2D eigenvalue weighted by molar-refractivity contribution is 7.87. The number of Topliss-reactive ketones (excluding diaryl/α,β-unsaturated/α-hetero) is 1. The first-order chi connectivity index (χ1) is 13.9. The fourth-order valence-electron chi connectivity index (χ4n) is 3.31. The normalized spacial score (nSPS) is 16.0. The third-order valence-corrected chi connectivity index (χ3v) is 6.17. The highest BCUT2D eigenvalue weighted by atomic mass is 32.2. The predicted molar refractivity (Wildman–Crippen MR) is 110 cm³/mol. The van der Waals surface area contributed by atoms with Crippen molar-refractivity contribution in [2.75, 3.05) is 9.21 Å². The van der Waals surface area contributed by atoms with E-state index in [0.717, 1.165) is 4.31 Å². The largest absolute Gasteiger partial charge is 0.346 e. The van der Waals surface area contributed by atoms with Gasteiger partial charge in [0.2, 0.25) is 0 Å². The minimum absolute atomic E-state index is 0.114. The van der Waals surface area contributed by atoms with E-state index >= 15 is 0 Å². The molecule has 1 aliphatic rings. The van der Waals surface area contributed by atoms with Gasteiger partial charge in [0, 0.05) is 5.56 Å². The Kier molecular flexibility index (Phi) is 4.76. The van der Waals surface area contributed by atoms with Gasteiger partial charge >= 0.3 is 6.03 Å². The first-order valence-corrected chi connectivity index (χ1v) is 10.0. The number of aryl methyl sites for hydroxylation is 1. The first-order valence-electron chi connectivity index (χ1n) is 8.91. The SMILES string of the molecule is CC(=O)c1ccc(N2C(=O)N(c3c(C)cccc3F)c3ccccc3S2=O)cc1. The zero-order valence-corrected chi connectivity index (χ0v) is 16.6. The minimum Gasteiger partial charge on any atom is -0.295 e. The number of rotatable bonds is 3. The number of halogens is 1. The Bertz CT molecular complexity index is 1140. The molecule has 7 heteroatoms. The van der Waals surface area contributed by atoms with Crippen molar-refractivity contribution < 1.29 is 18.2 Å². The minimum atomic E-state index is -1.82. The monoisotopic (exact) mass is 408 g/mol. The Morgan fingerprint density at radius 3 is 2.31 bits per heavy atom. The molecule has 1 unspecified atom stereocenters. The number of fused-ring (bicyclic) bond motifs is 1.